The van der Waals surface area contributed by atoms with Crippen LogP contribution in [0.2, 0.25) is 0 Å². The van der Waals surface area contributed by atoms with Crippen LogP contribution < -0.4 is 0 Å². The third-order valence-corrected chi connectivity index (χ3v) is 5.49. The number of aromatic nitrogens is 3. The van der Waals surface area contributed by atoms with Gasteiger partial charge in [-0.1, -0.05) is 37.3 Å². The number of piperidine rings is 1. The third-order valence-electron chi connectivity index (χ3n) is 5.49. The van der Waals surface area contributed by atoms with Gasteiger partial charge in [0.2, 0.25) is 5.91 Å². The van der Waals surface area contributed by atoms with Crippen molar-refractivity contribution in [3.63, 3.8) is 0 Å². The zero-order valence-electron chi connectivity index (χ0n) is 15.8. The number of benzene rings is 1. The number of aryl methyl sites for hydroxylation is 2. The van der Waals surface area contributed by atoms with E-state index in [1.54, 1.807) is 0 Å². The quantitative estimate of drug-likeness (QED) is 0.694. The molecule has 27 heavy (non-hydrogen) atoms. The van der Waals surface area contributed by atoms with Gasteiger partial charge in [-0.3, -0.25) is 4.79 Å². The first-order valence-electron chi connectivity index (χ1n) is 9.89. The van der Waals surface area contributed by atoms with Gasteiger partial charge >= 0.3 is 0 Å². The average molecular weight is 362 g/mol. The summed E-state index contributed by atoms with van der Waals surface area (Å²) in [5.74, 6) is 1.36. The molecule has 0 unspecified atom stereocenters. The number of hydrogen-bond donors (Lipinski definition) is 0. The molecular weight excluding hydrogens is 336 g/mol. The van der Waals surface area contributed by atoms with Crippen LogP contribution >= 0.6 is 0 Å². The highest BCUT2D eigenvalue weighted by atomic mass is 16.2. The minimum Gasteiger partial charge on any atom is -0.343 e. The Morgan fingerprint density at radius 1 is 1.07 bits per heavy atom. The Morgan fingerprint density at radius 3 is 2.59 bits per heavy atom. The van der Waals surface area contributed by atoms with Crippen molar-refractivity contribution in [1.29, 1.82) is 0 Å². The summed E-state index contributed by atoms with van der Waals surface area (Å²) in [7, 11) is 0. The minimum absolute atomic E-state index is 0.256. The maximum atomic E-state index is 12.0. The standard InChI is InChI=1S/C22H26N4O/c1-2-21(27)25-15-12-18(13-16-25)26-20(11-10-17-7-4-3-5-8-17)24-19-9-6-14-23-22(19)26/h3-9,14,18H,2,10-13,15-16H2,1H3. The van der Waals surface area contributed by atoms with Gasteiger partial charge in [0.15, 0.2) is 5.65 Å². The van der Waals surface area contributed by atoms with Crippen molar-refractivity contribution >= 4 is 17.1 Å². The highest BCUT2D eigenvalue weighted by Crippen LogP contribution is 2.28. The molecular formula is C22H26N4O. The molecule has 0 spiro atoms. The molecule has 140 valence electrons. The number of rotatable bonds is 5. The molecule has 1 saturated heterocycles. The van der Waals surface area contributed by atoms with Crippen molar-refractivity contribution in [3.05, 3.63) is 60.0 Å². The van der Waals surface area contributed by atoms with Crippen molar-refractivity contribution in [3.8, 4) is 0 Å². The summed E-state index contributed by atoms with van der Waals surface area (Å²) in [5, 5.41) is 0. The van der Waals surface area contributed by atoms with Gasteiger partial charge in [0, 0.05) is 38.2 Å². The lowest BCUT2D eigenvalue weighted by Gasteiger charge is -2.33. The molecule has 0 saturated carbocycles. The lowest BCUT2D eigenvalue weighted by molar-refractivity contribution is -0.132. The summed E-state index contributed by atoms with van der Waals surface area (Å²) < 4.78 is 2.34. The van der Waals surface area contributed by atoms with Crippen LogP contribution in [0.3, 0.4) is 0 Å². The normalized spacial score (nSPS) is 15.4. The Bertz CT molecular complexity index is 910. The van der Waals surface area contributed by atoms with Crippen LogP contribution in [0, 0.1) is 0 Å². The van der Waals surface area contributed by atoms with Crippen molar-refractivity contribution in [2.75, 3.05) is 13.1 Å². The number of likely N-dealkylation sites (tertiary alicyclic amines) is 1. The SMILES string of the molecule is CCC(=O)N1CCC(n2c(CCc3ccccc3)nc3cccnc32)CC1. The van der Waals surface area contributed by atoms with Gasteiger partial charge < -0.3 is 9.47 Å². The molecule has 5 heteroatoms. The Hall–Kier alpha value is -2.69. The van der Waals surface area contributed by atoms with E-state index >= 15 is 0 Å². The lowest BCUT2D eigenvalue weighted by atomic mass is 10.0. The molecule has 1 aliphatic heterocycles. The fourth-order valence-electron chi connectivity index (χ4n) is 4.03. The van der Waals surface area contributed by atoms with E-state index in [0.717, 1.165) is 55.8 Å². The zero-order valence-corrected chi connectivity index (χ0v) is 15.8. The molecule has 3 aromatic rings. The summed E-state index contributed by atoms with van der Waals surface area (Å²) in [6.07, 6.45) is 6.23. The predicted molar refractivity (Wildman–Crippen MR) is 107 cm³/mol. The number of pyridine rings is 1. The van der Waals surface area contributed by atoms with Crippen molar-refractivity contribution < 1.29 is 4.79 Å². The molecule has 0 atom stereocenters. The predicted octanol–water partition coefficient (Wildman–Crippen LogP) is 3.79. The van der Waals surface area contributed by atoms with Crippen molar-refractivity contribution in [2.45, 2.75) is 45.1 Å². The molecule has 2 aromatic heterocycles. The van der Waals surface area contributed by atoms with Gasteiger partial charge in [0.25, 0.3) is 0 Å². The highest BCUT2D eigenvalue weighted by Gasteiger charge is 2.26. The fourth-order valence-corrected chi connectivity index (χ4v) is 4.03. The highest BCUT2D eigenvalue weighted by molar-refractivity contribution is 5.76. The number of fused-ring (bicyclic) bond motifs is 1. The average Bonchev–Trinajstić information content (AvgIpc) is 3.11. The molecule has 0 aliphatic carbocycles. The van der Waals surface area contributed by atoms with E-state index in [4.69, 9.17) is 4.98 Å². The maximum Gasteiger partial charge on any atom is 0.222 e. The van der Waals surface area contributed by atoms with Crippen LogP contribution in [0.1, 0.15) is 43.6 Å². The number of carbonyl (C=O) groups excluding carboxylic acids is 1. The second kappa shape index (κ2) is 7.91. The van der Waals surface area contributed by atoms with E-state index in [-0.39, 0.29) is 5.91 Å². The van der Waals surface area contributed by atoms with Gasteiger partial charge in [-0.05, 0) is 37.0 Å². The van der Waals surface area contributed by atoms with E-state index in [1.165, 1.54) is 5.56 Å². The van der Waals surface area contributed by atoms with Crippen LogP contribution in [0.25, 0.3) is 11.2 Å². The van der Waals surface area contributed by atoms with Crippen LogP contribution in [0.5, 0.6) is 0 Å². The fraction of sp³-hybridized carbons (Fsp3) is 0.409. The molecule has 1 amide bonds. The second-order valence-electron chi connectivity index (χ2n) is 7.20. The molecule has 0 bridgehead atoms. The minimum atomic E-state index is 0.256. The van der Waals surface area contributed by atoms with Gasteiger partial charge in [-0.2, -0.15) is 0 Å². The van der Waals surface area contributed by atoms with Crippen molar-refractivity contribution in [2.24, 2.45) is 0 Å². The number of hydrogen-bond acceptors (Lipinski definition) is 3. The summed E-state index contributed by atoms with van der Waals surface area (Å²) in [6, 6.07) is 14.9. The van der Waals surface area contributed by atoms with Crippen molar-refractivity contribution in [1.82, 2.24) is 19.4 Å². The Morgan fingerprint density at radius 2 is 1.85 bits per heavy atom. The summed E-state index contributed by atoms with van der Waals surface area (Å²) in [4.78, 5) is 23.5. The van der Waals surface area contributed by atoms with Crippen LogP contribution in [0.4, 0.5) is 0 Å². The van der Waals surface area contributed by atoms with E-state index in [2.05, 4.69) is 33.8 Å². The monoisotopic (exact) mass is 362 g/mol. The van der Waals surface area contributed by atoms with E-state index < -0.39 is 0 Å². The maximum absolute atomic E-state index is 12.0. The van der Waals surface area contributed by atoms with Crippen LogP contribution in [-0.4, -0.2) is 38.4 Å². The number of amides is 1. The number of carbonyl (C=O) groups is 1. The lowest BCUT2D eigenvalue weighted by Crippen LogP contribution is -2.39. The Kier molecular flexibility index (Phi) is 5.19. The first-order chi connectivity index (χ1) is 13.3. The summed E-state index contributed by atoms with van der Waals surface area (Å²) in [6.45, 7) is 3.58. The molecule has 0 radical (unpaired) electrons. The van der Waals surface area contributed by atoms with Gasteiger partial charge in [0.1, 0.15) is 11.3 Å². The number of imidazole rings is 1. The molecule has 3 heterocycles. The molecule has 1 aromatic carbocycles. The third kappa shape index (κ3) is 3.72. The van der Waals surface area contributed by atoms with Crippen LogP contribution in [-0.2, 0) is 17.6 Å². The Balaban J connectivity index is 1.58. The zero-order chi connectivity index (χ0) is 18.6. The van der Waals surface area contributed by atoms with Gasteiger partial charge in [-0.15, -0.1) is 0 Å². The largest absolute Gasteiger partial charge is 0.343 e. The van der Waals surface area contributed by atoms with E-state index in [0.29, 0.717) is 12.5 Å². The molecule has 0 N–H and O–H groups in total. The van der Waals surface area contributed by atoms with E-state index in [1.807, 2.05) is 36.2 Å². The number of nitrogens with zero attached hydrogens (tertiary/aromatic N) is 4. The smallest absolute Gasteiger partial charge is 0.222 e. The van der Waals surface area contributed by atoms with Crippen LogP contribution in [0.15, 0.2) is 48.7 Å². The summed E-state index contributed by atoms with van der Waals surface area (Å²) >= 11 is 0. The molecule has 5 nitrogen and oxygen atoms in total. The summed E-state index contributed by atoms with van der Waals surface area (Å²) in [5.41, 5.74) is 3.26. The molecule has 4 rings (SSSR count). The molecule has 1 fully saturated rings. The second-order valence-corrected chi connectivity index (χ2v) is 7.20. The molecule has 1 aliphatic rings. The Labute approximate surface area is 160 Å². The first-order valence-corrected chi connectivity index (χ1v) is 9.89. The topological polar surface area (TPSA) is 51.0 Å². The van der Waals surface area contributed by atoms with Gasteiger partial charge in [0.05, 0.1) is 0 Å². The van der Waals surface area contributed by atoms with E-state index in [9.17, 15) is 4.79 Å². The first kappa shape index (κ1) is 17.7. The van der Waals surface area contributed by atoms with Gasteiger partial charge in [-0.25, -0.2) is 9.97 Å².